The Morgan fingerprint density at radius 2 is 1.71 bits per heavy atom. The first-order valence-electron chi connectivity index (χ1n) is 13.1. The zero-order valence-corrected chi connectivity index (χ0v) is 22.4. The number of thiophene rings is 1. The smallest absolute Gasteiger partial charge is 0.134 e. The molecule has 5 heteroatoms. The number of hydrogen-bond acceptors (Lipinski definition) is 5. The van der Waals surface area contributed by atoms with Gasteiger partial charge < -0.3 is 10.1 Å². The number of para-hydroxylation sites is 1. The first-order valence-corrected chi connectivity index (χ1v) is 13.9. The van der Waals surface area contributed by atoms with Gasteiger partial charge in [0.05, 0.1) is 0 Å². The summed E-state index contributed by atoms with van der Waals surface area (Å²) in [6, 6.07) is 24.0. The Morgan fingerprint density at radius 3 is 2.40 bits per heavy atom. The fourth-order valence-electron chi connectivity index (χ4n) is 5.24. The van der Waals surface area contributed by atoms with E-state index in [4.69, 9.17) is 4.74 Å². The zero-order chi connectivity index (χ0) is 24.5. The van der Waals surface area contributed by atoms with E-state index in [1.807, 2.05) is 0 Å². The lowest BCUT2D eigenvalue weighted by molar-refractivity contribution is 0.0501. The van der Waals surface area contributed by atoms with Gasteiger partial charge in [0.1, 0.15) is 11.9 Å². The Kier molecular flexibility index (Phi) is 9.38. The van der Waals surface area contributed by atoms with E-state index < -0.39 is 0 Å². The van der Waals surface area contributed by atoms with Crippen LogP contribution in [0.2, 0.25) is 0 Å². The highest BCUT2D eigenvalue weighted by molar-refractivity contribution is 7.10. The van der Waals surface area contributed by atoms with Crippen LogP contribution in [0, 0.1) is 0 Å². The van der Waals surface area contributed by atoms with Crippen LogP contribution in [-0.4, -0.2) is 50.1 Å². The van der Waals surface area contributed by atoms with Gasteiger partial charge in [-0.25, -0.2) is 0 Å². The minimum absolute atomic E-state index is 0.0846. The third-order valence-corrected chi connectivity index (χ3v) is 8.32. The molecule has 1 atom stereocenters. The average molecular weight is 492 g/mol. The maximum absolute atomic E-state index is 6.70. The van der Waals surface area contributed by atoms with E-state index in [2.05, 4.69) is 108 Å². The summed E-state index contributed by atoms with van der Waals surface area (Å²) in [5.41, 5.74) is 2.83. The van der Waals surface area contributed by atoms with Gasteiger partial charge in [0, 0.05) is 42.0 Å². The van der Waals surface area contributed by atoms with E-state index in [1.54, 1.807) is 11.3 Å². The molecular formula is C30H41N3OS. The van der Waals surface area contributed by atoms with E-state index in [9.17, 15) is 0 Å². The average Bonchev–Trinajstić information content (AvgIpc) is 3.43. The molecule has 1 N–H and O–H groups in total. The van der Waals surface area contributed by atoms with Crippen molar-refractivity contribution in [3.63, 3.8) is 0 Å². The molecular weight excluding hydrogens is 450 g/mol. The first-order chi connectivity index (χ1) is 17.1. The van der Waals surface area contributed by atoms with Crippen molar-refractivity contribution in [1.29, 1.82) is 0 Å². The van der Waals surface area contributed by atoms with Crippen LogP contribution in [0.3, 0.4) is 0 Å². The quantitative estimate of drug-likeness (QED) is 0.301. The van der Waals surface area contributed by atoms with Gasteiger partial charge in [0.2, 0.25) is 0 Å². The molecule has 1 unspecified atom stereocenters. The fourth-order valence-corrected chi connectivity index (χ4v) is 6.02. The third-order valence-electron chi connectivity index (χ3n) is 7.36. The van der Waals surface area contributed by atoms with Gasteiger partial charge in [-0.05, 0) is 69.5 Å². The summed E-state index contributed by atoms with van der Waals surface area (Å²) < 4.78 is 6.70. The third kappa shape index (κ3) is 6.53. The predicted molar refractivity (Wildman–Crippen MR) is 148 cm³/mol. The molecule has 1 aliphatic rings. The number of nitrogens with zero attached hydrogens (tertiary/aromatic N) is 2. The lowest BCUT2D eigenvalue weighted by Crippen LogP contribution is -2.50. The van der Waals surface area contributed by atoms with Crippen molar-refractivity contribution in [3.05, 3.63) is 88.1 Å². The molecule has 2 aromatic carbocycles. The van der Waals surface area contributed by atoms with E-state index in [-0.39, 0.29) is 11.6 Å². The van der Waals surface area contributed by atoms with Crippen molar-refractivity contribution in [2.45, 2.75) is 50.8 Å². The Balaban J connectivity index is 1.43. The van der Waals surface area contributed by atoms with E-state index in [0.717, 1.165) is 64.2 Å². The molecule has 2 heterocycles. The van der Waals surface area contributed by atoms with Crippen molar-refractivity contribution >= 4 is 11.3 Å². The van der Waals surface area contributed by atoms with Crippen LogP contribution in [0.25, 0.3) is 0 Å². The van der Waals surface area contributed by atoms with Crippen molar-refractivity contribution < 1.29 is 4.74 Å². The molecule has 188 valence electrons. The highest BCUT2D eigenvalue weighted by Gasteiger charge is 2.38. The monoisotopic (exact) mass is 491 g/mol. The van der Waals surface area contributed by atoms with E-state index in [1.165, 1.54) is 16.0 Å². The molecule has 4 rings (SSSR count). The molecule has 1 saturated heterocycles. The molecule has 0 saturated carbocycles. The van der Waals surface area contributed by atoms with Crippen LogP contribution in [0.1, 0.15) is 54.7 Å². The van der Waals surface area contributed by atoms with Gasteiger partial charge in [0.15, 0.2) is 0 Å². The Hall–Kier alpha value is -2.18. The maximum atomic E-state index is 6.70. The second-order valence-corrected chi connectivity index (χ2v) is 10.8. The highest BCUT2D eigenvalue weighted by Crippen LogP contribution is 2.38. The van der Waals surface area contributed by atoms with Gasteiger partial charge in [0.25, 0.3) is 0 Å². The van der Waals surface area contributed by atoms with Gasteiger partial charge >= 0.3 is 0 Å². The Morgan fingerprint density at radius 1 is 0.971 bits per heavy atom. The SMILES string of the molecule is CCCNCCC(Oc1ccccc1CN1CCC(c2ccccc2)(N(C)C)CC1)c1cccs1. The van der Waals surface area contributed by atoms with Crippen LogP contribution in [-0.2, 0) is 12.1 Å². The molecule has 4 nitrogen and oxygen atoms in total. The number of likely N-dealkylation sites (tertiary alicyclic amines) is 1. The summed E-state index contributed by atoms with van der Waals surface area (Å²) in [5.74, 6) is 1.02. The molecule has 3 aromatic rings. The van der Waals surface area contributed by atoms with Crippen molar-refractivity contribution in [3.8, 4) is 5.75 Å². The van der Waals surface area contributed by atoms with E-state index in [0.29, 0.717) is 0 Å². The van der Waals surface area contributed by atoms with Gasteiger partial charge in [-0.15, -0.1) is 11.3 Å². The Bertz CT molecular complexity index is 997. The van der Waals surface area contributed by atoms with Crippen molar-refractivity contribution in [1.82, 2.24) is 15.1 Å². The van der Waals surface area contributed by atoms with Crippen LogP contribution in [0.4, 0.5) is 0 Å². The predicted octanol–water partition coefficient (Wildman–Crippen LogP) is 6.31. The number of benzene rings is 2. The summed E-state index contributed by atoms with van der Waals surface area (Å²) in [4.78, 5) is 6.32. The molecule has 0 bridgehead atoms. The Labute approximate surface area is 215 Å². The largest absolute Gasteiger partial charge is 0.485 e. The molecule has 1 aliphatic heterocycles. The highest BCUT2D eigenvalue weighted by atomic mass is 32.1. The second-order valence-electron chi connectivity index (χ2n) is 9.84. The van der Waals surface area contributed by atoms with Gasteiger partial charge in [-0.1, -0.05) is 61.5 Å². The second kappa shape index (κ2) is 12.7. The minimum Gasteiger partial charge on any atom is -0.485 e. The summed E-state index contributed by atoms with van der Waals surface area (Å²) in [6.07, 6.45) is 4.48. The van der Waals surface area contributed by atoms with Crippen molar-refractivity contribution in [2.75, 3.05) is 40.3 Å². The number of nitrogens with one attached hydrogen (secondary N) is 1. The molecule has 0 aliphatic carbocycles. The molecule has 0 radical (unpaired) electrons. The van der Waals surface area contributed by atoms with Crippen LogP contribution in [0.5, 0.6) is 5.75 Å². The lowest BCUT2D eigenvalue weighted by Gasteiger charge is -2.46. The summed E-state index contributed by atoms with van der Waals surface area (Å²) in [7, 11) is 4.46. The van der Waals surface area contributed by atoms with Crippen molar-refractivity contribution in [2.24, 2.45) is 0 Å². The summed E-state index contributed by atoms with van der Waals surface area (Å²) >= 11 is 1.79. The van der Waals surface area contributed by atoms with E-state index >= 15 is 0 Å². The number of piperidine rings is 1. The maximum Gasteiger partial charge on any atom is 0.134 e. The fraction of sp³-hybridized carbons (Fsp3) is 0.467. The first kappa shape index (κ1) is 25.9. The van der Waals surface area contributed by atoms with Gasteiger partial charge in [-0.3, -0.25) is 9.80 Å². The molecule has 0 amide bonds. The topological polar surface area (TPSA) is 27.7 Å². The standard InChI is InChI=1S/C30H41N3OS/c1-4-19-31-20-16-28(29-15-10-23-35-29)34-27-14-9-8-11-25(27)24-33-21-17-30(18-22-33,32(2)3)26-12-6-5-7-13-26/h5-15,23,28,31H,4,16-22,24H2,1-3H3. The van der Waals surface area contributed by atoms with Crippen LogP contribution < -0.4 is 10.1 Å². The molecule has 0 spiro atoms. The normalized spacial score (nSPS) is 16.9. The summed E-state index contributed by atoms with van der Waals surface area (Å²) in [6.45, 7) is 7.32. The van der Waals surface area contributed by atoms with Crippen LogP contribution in [0.15, 0.2) is 72.1 Å². The molecule has 1 aromatic heterocycles. The summed E-state index contributed by atoms with van der Waals surface area (Å²) in [5, 5.41) is 5.68. The molecule has 1 fully saturated rings. The number of ether oxygens (including phenoxy) is 1. The number of rotatable bonds is 12. The zero-order valence-electron chi connectivity index (χ0n) is 21.6. The number of hydrogen-bond donors (Lipinski definition) is 1. The van der Waals surface area contributed by atoms with Gasteiger partial charge in [-0.2, -0.15) is 0 Å². The van der Waals surface area contributed by atoms with Crippen LogP contribution >= 0.6 is 11.3 Å². The molecule has 35 heavy (non-hydrogen) atoms. The lowest BCUT2D eigenvalue weighted by atomic mass is 9.79. The minimum atomic E-state index is 0.0846.